The molecular formula is C15H21BrN2O. The zero-order valence-corrected chi connectivity index (χ0v) is 12.7. The number of alkyl halides is 1. The lowest BCUT2D eigenvalue weighted by Crippen LogP contribution is -2.47. The molecule has 4 heteroatoms. The van der Waals surface area contributed by atoms with Crippen LogP contribution >= 0.6 is 15.9 Å². The number of carbonyl (C=O) groups is 1. The first-order valence-electron chi connectivity index (χ1n) is 6.89. The van der Waals surface area contributed by atoms with E-state index in [4.69, 9.17) is 0 Å². The molecule has 1 aromatic carbocycles. The van der Waals surface area contributed by atoms with Crippen LogP contribution in [-0.2, 0) is 11.3 Å². The number of benzene rings is 1. The molecule has 1 fully saturated rings. The first-order chi connectivity index (χ1) is 9.28. The number of nitrogens with zero attached hydrogens (tertiary/aromatic N) is 1. The Morgan fingerprint density at radius 3 is 2.89 bits per heavy atom. The third kappa shape index (κ3) is 4.96. The molecule has 1 atom stereocenters. The summed E-state index contributed by atoms with van der Waals surface area (Å²) in [4.78, 5) is 14.0. The van der Waals surface area contributed by atoms with Gasteiger partial charge in [-0.2, -0.15) is 0 Å². The second-order valence-electron chi connectivity index (χ2n) is 5.07. The highest BCUT2D eigenvalue weighted by Crippen LogP contribution is 2.13. The number of piperidine rings is 1. The van der Waals surface area contributed by atoms with Crippen molar-refractivity contribution in [3.8, 4) is 0 Å². The van der Waals surface area contributed by atoms with Gasteiger partial charge in [0.1, 0.15) is 0 Å². The van der Waals surface area contributed by atoms with Crippen molar-refractivity contribution in [1.29, 1.82) is 0 Å². The molecule has 1 aliphatic heterocycles. The van der Waals surface area contributed by atoms with Crippen LogP contribution in [0.5, 0.6) is 0 Å². The number of rotatable bonds is 5. The van der Waals surface area contributed by atoms with Crippen molar-refractivity contribution in [3.05, 3.63) is 35.9 Å². The third-order valence-corrected chi connectivity index (χ3v) is 3.84. The predicted molar refractivity (Wildman–Crippen MR) is 81.3 cm³/mol. The van der Waals surface area contributed by atoms with Crippen molar-refractivity contribution in [2.75, 3.05) is 18.4 Å². The van der Waals surface area contributed by atoms with Gasteiger partial charge in [-0.05, 0) is 24.9 Å². The highest BCUT2D eigenvalue weighted by Gasteiger charge is 2.20. The van der Waals surface area contributed by atoms with E-state index in [0.717, 1.165) is 37.8 Å². The molecule has 1 heterocycles. The summed E-state index contributed by atoms with van der Waals surface area (Å²) in [5.41, 5.74) is 1.34. The first-order valence-corrected chi connectivity index (χ1v) is 8.01. The van der Waals surface area contributed by atoms with E-state index in [2.05, 4.69) is 50.4 Å². The van der Waals surface area contributed by atoms with Gasteiger partial charge >= 0.3 is 0 Å². The molecule has 1 saturated heterocycles. The Bertz CT molecular complexity index is 396. The van der Waals surface area contributed by atoms with E-state index in [1.807, 2.05) is 6.07 Å². The molecule has 0 bridgehead atoms. The van der Waals surface area contributed by atoms with Crippen molar-refractivity contribution in [2.24, 2.45) is 0 Å². The molecule has 0 saturated carbocycles. The van der Waals surface area contributed by atoms with Crippen molar-refractivity contribution >= 4 is 21.8 Å². The summed E-state index contributed by atoms with van der Waals surface area (Å²) in [6.07, 6.45) is 2.82. The van der Waals surface area contributed by atoms with Gasteiger partial charge in [0.25, 0.3) is 0 Å². The number of carbonyl (C=O) groups excluding carboxylic acids is 1. The summed E-state index contributed by atoms with van der Waals surface area (Å²) >= 11 is 3.30. The van der Waals surface area contributed by atoms with E-state index in [9.17, 15) is 4.79 Å². The Kier molecular flexibility index (Phi) is 5.86. The highest BCUT2D eigenvalue weighted by atomic mass is 79.9. The summed E-state index contributed by atoms with van der Waals surface area (Å²) in [5.74, 6) is 0.156. The summed E-state index contributed by atoms with van der Waals surface area (Å²) in [5, 5.41) is 3.86. The molecule has 0 aromatic heterocycles. The fourth-order valence-corrected chi connectivity index (χ4v) is 2.90. The Balaban J connectivity index is 1.82. The summed E-state index contributed by atoms with van der Waals surface area (Å²) in [7, 11) is 0. The second-order valence-corrected chi connectivity index (χ2v) is 5.86. The van der Waals surface area contributed by atoms with Gasteiger partial charge in [0, 0.05) is 30.9 Å². The maximum atomic E-state index is 11.6. The van der Waals surface area contributed by atoms with Gasteiger partial charge < -0.3 is 5.32 Å². The lowest BCUT2D eigenvalue weighted by Gasteiger charge is -2.33. The van der Waals surface area contributed by atoms with Gasteiger partial charge in [0.2, 0.25) is 5.91 Å². The average molecular weight is 325 g/mol. The van der Waals surface area contributed by atoms with Crippen LogP contribution in [0.15, 0.2) is 30.3 Å². The topological polar surface area (TPSA) is 32.3 Å². The van der Waals surface area contributed by atoms with E-state index in [0.29, 0.717) is 12.5 Å². The standard InChI is InChI=1S/C15H21BrN2O/c16-9-8-15(19)17-14-7-4-10-18(12-14)11-13-5-2-1-3-6-13/h1-3,5-6,14H,4,7-12H2,(H,17,19). The SMILES string of the molecule is O=C(CCBr)NC1CCCN(Cc2ccccc2)C1. The smallest absolute Gasteiger partial charge is 0.221 e. The zero-order chi connectivity index (χ0) is 13.5. The molecule has 0 aliphatic carbocycles. The lowest BCUT2D eigenvalue weighted by molar-refractivity contribution is -0.121. The Hall–Kier alpha value is -0.870. The predicted octanol–water partition coefficient (Wildman–Crippen LogP) is 2.55. The van der Waals surface area contributed by atoms with Gasteiger partial charge in [-0.25, -0.2) is 0 Å². The summed E-state index contributed by atoms with van der Waals surface area (Å²) in [6, 6.07) is 10.8. The molecular weight excluding hydrogens is 304 g/mol. The van der Waals surface area contributed by atoms with Gasteiger partial charge in [-0.1, -0.05) is 46.3 Å². The molecule has 1 unspecified atom stereocenters. The molecule has 2 rings (SSSR count). The molecule has 1 N–H and O–H groups in total. The van der Waals surface area contributed by atoms with Gasteiger partial charge in [0.15, 0.2) is 0 Å². The number of hydrogen-bond acceptors (Lipinski definition) is 2. The van der Waals surface area contributed by atoms with Crippen LogP contribution in [0.25, 0.3) is 0 Å². The monoisotopic (exact) mass is 324 g/mol. The third-order valence-electron chi connectivity index (χ3n) is 3.44. The van der Waals surface area contributed by atoms with E-state index in [1.54, 1.807) is 0 Å². The second kappa shape index (κ2) is 7.65. The summed E-state index contributed by atoms with van der Waals surface area (Å²) < 4.78 is 0. The van der Waals surface area contributed by atoms with E-state index >= 15 is 0 Å². The highest BCUT2D eigenvalue weighted by molar-refractivity contribution is 9.09. The molecule has 1 aliphatic rings. The number of hydrogen-bond donors (Lipinski definition) is 1. The Morgan fingerprint density at radius 1 is 1.37 bits per heavy atom. The van der Waals surface area contributed by atoms with Crippen LogP contribution in [0.1, 0.15) is 24.8 Å². The van der Waals surface area contributed by atoms with Gasteiger partial charge in [0.05, 0.1) is 0 Å². The number of nitrogens with one attached hydrogen (secondary N) is 1. The van der Waals surface area contributed by atoms with Crippen LogP contribution < -0.4 is 5.32 Å². The van der Waals surface area contributed by atoms with Gasteiger partial charge in [-0.3, -0.25) is 9.69 Å². The largest absolute Gasteiger partial charge is 0.352 e. The van der Waals surface area contributed by atoms with Crippen molar-refractivity contribution in [1.82, 2.24) is 10.2 Å². The average Bonchev–Trinajstić information content (AvgIpc) is 2.40. The zero-order valence-electron chi connectivity index (χ0n) is 11.1. The lowest BCUT2D eigenvalue weighted by atomic mass is 10.0. The maximum absolute atomic E-state index is 11.6. The molecule has 19 heavy (non-hydrogen) atoms. The molecule has 3 nitrogen and oxygen atoms in total. The van der Waals surface area contributed by atoms with E-state index < -0.39 is 0 Å². The minimum absolute atomic E-state index is 0.156. The quantitative estimate of drug-likeness (QED) is 0.844. The van der Waals surface area contributed by atoms with Crippen LogP contribution in [0, 0.1) is 0 Å². The number of amides is 1. The van der Waals surface area contributed by atoms with Crippen LogP contribution in [0.4, 0.5) is 0 Å². The van der Waals surface area contributed by atoms with Crippen LogP contribution in [0.2, 0.25) is 0 Å². The maximum Gasteiger partial charge on any atom is 0.221 e. The Morgan fingerprint density at radius 2 is 2.16 bits per heavy atom. The van der Waals surface area contributed by atoms with Gasteiger partial charge in [-0.15, -0.1) is 0 Å². The first kappa shape index (κ1) is 14.5. The number of likely N-dealkylation sites (tertiary alicyclic amines) is 1. The Labute approximate surface area is 123 Å². The van der Waals surface area contributed by atoms with Crippen molar-refractivity contribution in [3.63, 3.8) is 0 Å². The minimum Gasteiger partial charge on any atom is -0.352 e. The number of halogens is 1. The normalized spacial score (nSPS) is 20.2. The van der Waals surface area contributed by atoms with E-state index in [1.165, 1.54) is 5.56 Å². The molecule has 104 valence electrons. The molecule has 0 radical (unpaired) electrons. The summed E-state index contributed by atoms with van der Waals surface area (Å²) in [6.45, 7) is 3.06. The molecule has 0 spiro atoms. The fourth-order valence-electron chi connectivity index (χ4n) is 2.54. The van der Waals surface area contributed by atoms with Crippen molar-refractivity contribution in [2.45, 2.75) is 31.8 Å². The molecule has 1 aromatic rings. The van der Waals surface area contributed by atoms with Crippen LogP contribution in [0.3, 0.4) is 0 Å². The fraction of sp³-hybridized carbons (Fsp3) is 0.533. The molecule has 1 amide bonds. The van der Waals surface area contributed by atoms with Crippen LogP contribution in [-0.4, -0.2) is 35.3 Å². The van der Waals surface area contributed by atoms with E-state index in [-0.39, 0.29) is 5.91 Å². The van der Waals surface area contributed by atoms with Crippen molar-refractivity contribution < 1.29 is 4.79 Å². The minimum atomic E-state index is 0.156.